The van der Waals surface area contributed by atoms with E-state index in [-0.39, 0.29) is 0 Å². The van der Waals surface area contributed by atoms with Gasteiger partial charge in [0.15, 0.2) is 5.82 Å². The Bertz CT molecular complexity index is 718. The maximum Gasteiger partial charge on any atom is 0.159 e. The summed E-state index contributed by atoms with van der Waals surface area (Å²) in [5, 5.41) is 4.41. The highest BCUT2D eigenvalue weighted by Crippen LogP contribution is 2.36. The van der Waals surface area contributed by atoms with Gasteiger partial charge < -0.3 is 14.8 Å². The first-order valence-electron chi connectivity index (χ1n) is 8.49. The molecule has 0 radical (unpaired) electrons. The number of aryl methyl sites for hydroxylation is 1. The molecule has 0 saturated carbocycles. The van der Waals surface area contributed by atoms with E-state index in [4.69, 9.17) is 19.4 Å². The lowest BCUT2D eigenvalue weighted by molar-refractivity contribution is 0.395. The van der Waals surface area contributed by atoms with Crippen LogP contribution in [0.25, 0.3) is 11.3 Å². The van der Waals surface area contributed by atoms with Crippen LogP contribution in [0, 0.1) is 6.92 Å². The molecule has 2 aromatic rings. The third-order valence-electron chi connectivity index (χ3n) is 4.22. The van der Waals surface area contributed by atoms with Crippen molar-refractivity contribution >= 4 is 17.6 Å². The SMILES string of the molecule is CCC(CC)Nc1nc(C)c(-c2ccc(OC)cc2OC)nc1SC. The molecule has 0 fully saturated rings. The number of nitrogens with one attached hydrogen (secondary N) is 1. The number of benzene rings is 1. The molecule has 1 N–H and O–H groups in total. The van der Waals surface area contributed by atoms with Gasteiger partial charge in [-0.25, -0.2) is 9.97 Å². The highest BCUT2D eigenvalue weighted by Gasteiger charge is 2.17. The summed E-state index contributed by atoms with van der Waals surface area (Å²) in [5.74, 6) is 2.34. The van der Waals surface area contributed by atoms with Crippen molar-refractivity contribution in [2.24, 2.45) is 0 Å². The number of hydrogen-bond acceptors (Lipinski definition) is 6. The lowest BCUT2D eigenvalue weighted by atomic mass is 10.1. The summed E-state index contributed by atoms with van der Waals surface area (Å²) in [4.78, 5) is 9.66. The zero-order chi connectivity index (χ0) is 18.4. The number of thioether (sulfide) groups is 1. The fourth-order valence-electron chi connectivity index (χ4n) is 2.68. The van der Waals surface area contributed by atoms with E-state index in [9.17, 15) is 0 Å². The highest BCUT2D eigenvalue weighted by molar-refractivity contribution is 7.98. The summed E-state index contributed by atoms with van der Waals surface area (Å²) >= 11 is 1.60. The lowest BCUT2D eigenvalue weighted by Crippen LogP contribution is -2.19. The van der Waals surface area contributed by atoms with E-state index in [1.165, 1.54) is 0 Å². The van der Waals surface area contributed by atoms with E-state index in [2.05, 4.69) is 19.2 Å². The van der Waals surface area contributed by atoms with Crippen LogP contribution in [0.5, 0.6) is 11.5 Å². The van der Waals surface area contributed by atoms with Crippen molar-refractivity contribution in [2.45, 2.75) is 44.7 Å². The molecule has 25 heavy (non-hydrogen) atoms. The predicted octanol–water partition coefficient (Wildman–Crippen LogP) is 4.79. The van der Waals surface area contributed by atoms with Crippen molar-refractivity contribution < 1.29 is 9.47 Å². The Balaban J connectivity index is 2.50. The highest BCUT2D eigenvalue weighted by atomic mass is 32.2. The largest absolute Gasteiger partial charge is 0.497 e. The quantitative estimate of drug-likeness (QED) is 0.682. The summed E-state index contributed by atoms with van der Waals surface area (Å²) in [5.41, 5.74) is 2.62. The summed E-state index contributed by atoms with van der Waals surface area (Å²) in [6, 6.07) is 6.15. The molecule has 0 bridgehead atoms. The predicted molar refractivity (Wildman–Crippen MR) is 105 cm³/mol. The van der Waals surface area contributed by atoms with Gasteiger partial charge in [-0.15, -0.1) is 11.8 Å². The van der Waals surface area contributed by atoms with Crippen molar-refractivity contribution in [2.75, 3.05) is 25.8 Å². The van der Waals surface area contributed by atoms with Crippen molar-refractivity contribution in [3.63, 3.8) is 0 Å². The molecule has 0 spiro atoms. The molecular weight excluding hydrogens is 334 g/mol. The van der Waals surface area contributed by atoms with Crippen molar-refractivity contribution in [3.05, 3.63) is 23.9 Å². The average molecular weight is 362 g/mol. The molecule has 0 saturated heterocycles. The van der Waals surface area contributed by atoms with Crippen LogP contribution in [0.2, 0.25) is 0 Å². The van der Waals surface area contributed by atoms with Crippen LogP contribution in [-0.4, -0.2) is 36.5 Å². The number of aromatic nitrogens is 2. The minimum atomic E-state index is 0.404. The van der Waals surface area contributed by atoms with E-state index >= 15 is 0 Å². The van der Waals surface area contributed by atoms with Crippen LogP contribution in [0.1, 0.15) is 32.4 Å². The fourth-order valence-corrected chi connectivity index (χ4v) is 3.16. The summed E-state index contributed by atoms with van der Waals surface area (Å²) < 4.78 is 10.8. The van der Waals surface area contributed by atoms with E-state index in [0.717, 1.165) is 52.1 Å². The number of hydrogen-bond donors (Lipinski definition) is 1. The van der Waals surface area contributed by atoms with Crippen LogP contribution in [-0.2, 0) is 0 Å². The molecule has 0 atom stereocenters. The van der Waals surface area contributed by atoms with Gasteiger partial charge in [0.25, 0.3) is 0 Å². The Kier molecular flexibility index (Phi) is 6.93. The fraction of sp³-hybridized carbons (Fsp3) is 0.474. The second-order valence-corrected chi connectivity index (χ2v) is 6.53. The molecule has 5 nitrogen and oxygen atoms in total. The molecule has 1 aromatic heterocycles. The van der Waals surface area contributed by atoms with Gasteiger partial charge in [0.1, 0.15) is 16.5 Å². The van der Waals surface area contributed by atoms with Crippen LogP contribution in [0.15, 0.2) is 23.2 Å². The zero-order valence-electron chi connectivity index (χ0n) is 15.8. The standard InChI is InChI=1S/C19H27N3O2S/c1-7-13(8-2)21-18-19(25-6)22-17(12(3)20-18)15-10-9-14(23-4)11-16(15)24-5/h9-11,13H,7-8H2,1-6H3,(H,20,21). The molecule has 1 aromatic carbocycles. The van der Waals surface area contributed by atoms with Crippen LogP contribution < -0.4 is 14.8 Å². The molecule has 0 aliphatic rings. The second kappa shape index (κ2) is 8.94. The Morgan fingerprint density at radius 2 is 1.84 bits per heavy atom. The maximum absolute atomic E-state index is 5.53. The molecule has 0 aliphatic heterocycles. The van der Waals surface area contributed by atoms with Crippen LogP contribution in [0.3, 0.4) is 0 Å². The topological polar surface area (TPSA) is 56.3 Å². The Hall–Kier alpha value is -1.95. The first-order chi connectivity index (χ1) is 12.1. The Morgan fingerprint density at radius 3 is 2.40 bits per heavy atom. The van der Waals surface area contributed by atoms with Gasteiger partial charge in [0.2, 0.25) is 0 Å². The van der Waals surface area contributed by atoms with E-state index < -0.39 is 0 Å². The molecular formula is C19H27N3O2S. The monoisotopic (exact) mass is 361 g/mol. The average Bonchev–Trinajstić information content (AvgIpc) is 2.65. The van der Waals surface area contributed by atoms with Gasteiger partial charge in [0, 0.05) is 17.7 Å². The summed E-state index contributed by atoms with van der Waals surface area (Å²) in [6.45, 7) is 6.34. The van der Waals surface area contributed by atoms with E-state index in [1.807, 2.05) is 31.4 Å². The summed E-state index contributed by atoms with van der Waals surface area (Å²) in [7, 11) is 3.29. The maximum atomic E-state index is 5.53. The molecule has 0 unspecified atom stereocenters. The van der Waals surface area contributed by atoms with Gasteiger partial charge in [0.05, 0.1) is 25.6 Å². The number of rotatable bonds is 8. The van der Waals surface area contributed by atoms with Gasteiger partial charge >= 0.3 is 0 Å². The van der Waals surface area contributed by atoms with Gasteiger partial charge in [-0.3, -0.25) is 0 Å². The number of methoxy groups -OCH3 is 2. The minimum Gasteiger partial charge on any atom is -0.497 e. The molecule has 2 rings (SSSR count). The van der Waals surface area contributed by atoms with Crippen LogP contribution in [0.4, 0.5) is 5.82 Å². The van der Waals surface area contributed by atoms with Crippen LogP contribution >= 0.6 is 11.8 Å². The second-order valence-electron chi connectivity index (χ2n) is 5.74. The molecule has 0 aliphatic carbocycles. The Morgan fingerprint density at radius 1 is 1.12 bits per heavy atom. The van der Waals surface area contributed by atoms with Crippen molar-refractivity contribution in [1.82, 2.24) is 9.97 Å². The first kappa shape index (κ1) is 19.4. The van der Waals surface area contributed by atoms with Gasteiger partial charge in [-0.05, 0) is 38.2 Å². The molecule has 136 valence electrons. The zero-order valence-corrected chi connectivity index (χ0v) is 16.7. The number of anilines is 1. The molecule has 6 heteroatoms. The van der Waals surface area contributed by atoms with Crippen molar-refractivity contribution in [3.8, 4) is 22.8 Å². The lowest BCUT2D eigenvalue weighted by Gasteiger charge is -2.19. The molecule has 0 amide bonds. The third-order valence-corrected chi connectivity index (χ3v) is 4.89. The third kappa shape index (κ3) is 4.37. The van der Waals surface area contributed by atoms with Crippen molar-refractivity contribution in [1.29, 1.82) is 0 Å². The van der Waals surface area contributed by atoms with Gasteiger partial charge in [-0.1, -0.05) is 13.8 Å². The smallest absolute Gasteiger partial charge is 0.159 e. The first-order valence-corrected chi connectivity index (χ1v) is 9.71. The molecule has 1 heterocycles. The summed E-state index contributed by atoms with van der Waals surface area (Å²) in [6.07, 6.45) is 4.13. The number of ether oxygens (including phenoxy) is 2. The minimum absolute atomic E-state index is 0.404. The Labute approximate surface area is 154 Å². The van der Waals surface area contributed by atoms with E-state index in [0.29, 0.717) is 6.04 Å². The number of nitrogens with zero attached hydrogens (tertiary/aromatic N) is 2. The van der Waals surface area contributed by atoms with E-state index in [1.54, 1.807) is 26.0 Å². The normalized spacial score (nSPS) is 10.8. The van der Waals surface area contributed by atoms with Gasteiger partial charge in [-0.2, -0.15) is 0 Å².